The minimum atomic E-state index is -0.333. The van der Waals surface area contributed by atoms with Crippen LogP contribution in [0.25, 0.3) is 0 Å². The van der Waals surface area contributed by atoms with Gasteiger partial charge in [-0.3, -0.25) is 4.79 Å². The van der Waals surface area contributed by atoms with E-state index >= 15 is 0 Å². The third-order valence-electron chi connectivity index (χ3n) is 6.62. The number of phenolic OH excluding ortho intramolecular Hbond substituents is 1. The topological polar surface area (TPSA) is 73.8 Å². The lowest BCUT2D eigenvalue weighted by molar-refractivity contribution is -0.131. The molecule has 3 N–H and O–H groups in total. The molecule has 6 nitrogen and oxygen atoms in total. The molecule has 0 aromatic heterocycles. The van der Waals surface area contributed by atoms with Crippen LogP contribution in [0.4, 0.5) is 0 Å². The second-order valence-corrected chi connectivity index (χ2v) is 9.45. The Morgan fingerprint density at radius 2 is 1.69 bits per heavy atom. The van der Waals surface area contributed by atoms with Gasteiger partial charge in [0.2, 0.25) is 5.91 Å². The Hall–Kier alpha value is -2.41. The van der Waals surface area contributed by atoms with Crippen LogP contribution in [0, 0.1) is 5.92 Å². The lowest BCUT2D eigenvalue weighted by Crippen LogP contribution is -2.41. The van der Waals surface area contributed by atoms with Crippen LogP contribution in [0.3, 0.4) is 0 Å². The summed E-state index contributed by atoms with van der Waals surface area (Å²) in [5, 5.41) is 10.5. The molecule has 2 aromatic carbocycles. The van der Waals surface area contributed by atoms with Crippen molar-refractivity contribution in [2.45, 2.75) is 64.3 Å². The molecule has 4 atom stereocenters. The van der Waals surface area contributed by atoms with Gasteiger partial charge < -0.3 is 14.7 Å². The lowest BCUT2D eigenvalue weighted by Gasteiger charge is -2.31. The van der Waals surface area contributed by atoms with Gasteiger partial charge in [-0.25, -0.2) is 10.9 Å². The third-order valence-corrected chi connectivity index (χ3v) is 6.62. The van der Waals surface area contributed by atoms with Crippen LogP contribution in [-0.4, -0.2) is 41.2 Å². The number of ether oxygens (including phenoxy) is 1. The number of nitrogens with zero attached hydrogens (tertiary/aromatic N) is 1. The standard InChI is InChI=1S/C26H35N3O3/c1-16(2)18-10-12-19(13-11-18)25-22-23(20-8-5-6-9-21(20)30)27-28-24(22)26(31)29(25)14-7-15-32-17(3)4/h5-6,8-13,16-17,22-25,27-28,30H,7,14-15H2,1-4H3. The minimum Gasteiger partial charge on any atom is -0.508 e. The van der Waals surface area contributed by atoms with Crippen molar-refractivity contribution in [3.63, 3.8) is 0 Å². The number of carbonyl (C=O) groups excluding carboxylic acids is 1. The maximum Gasteiger partial charge on any atom is 0.242 e. The van der Waals surface area contributed by atoms with Gasteiger partial charge in [0.25, 0.3) is 0 Å². The van der Waals surface area contributed by atoms with Crippen LogP contribution in [0.1, 0.15) is 68.8 Å². The molecule has 2 heterocycles. The van der Waals surface area contributed by atoms with Gasteiger partial charge in [-0.2, -0.15) is 0 Å². The van der Waals surface area contributed by atoms with Crippen LogP contribution < -0.4 is 10.9 Å². The Bertz CT molecular complexity index is 928. The molecule has 4 rings (SSSR count). The number of nitrogens with one attached hydrogen (secondary N) is 2. The van der Waals surface area contributed by atoms with Crippen LogP contribution in [-0.2, 0) is 9.53 Å². The molecule has 1 amide bonds. The number of rotatable bonds is 8. The first kappa shape index (κ1) is 22.8. The molecular formula is C26H35N3O3. The molecule has 2 aromatic rings. The summed E-state index contributed by atoms with van der Waals surface area (Å²) in [6, 6.07) is 15.5. The van der Waals surface area contributed by atoms with E-state index in [4.69, 9.17) is 4.74 Å². The van der Waals surface area contributed by atoms with E-state index in [1.165, 1.54) is 5.56 Å². The highest BCUT2D eigenvalue weighted by Gasteiger charge is 2.55. The molecule has 172 valence electrons. The number of hydrazine groups is 1. The van der Waals surface area contributed by atoms with E-state index in [0.29, 0.717) is 19.1 Å². The smallest absolute Gasteiger partial charge is 0.242 e. The number of likely N-dealkylation sites (tertiary alicyclic amines) is 1. The average Bonchev–Trinajstić information content (AvgIpc) is 3.30. The average molecular weight is 438 g/mol. The van der Waals surface area contributed by atoms with Gasteiger partial charge in [0.15, 0.2) is 0 Å². The SMILES string of the molecule is CC(C)OCCCN1C(=O)C2NNC(c3ccccc3O)C2C1c1ccc(C(C)C)cc1. The van der Waals surface area contributed by atoms with Crippen LogP contribution >= 0.6 is 0 Å². The normalized spacial score (nSPS) is 25.2. The predicted molar refractivity (Wildman–Crippen MR) is 125 cm³/mol. The molecule has 2 saturated heterocycles. The zero-order chi connectivity index (χ0) is 22.8. The van der Waals surface area contributed by atoms with Gasteiger partial charge in [0, 0.05) is 24.6 Å². The van der Waals surface area contributed by atoms with Crippen LogP contribution in [0.5, 0.6) is 5.75 Å². The first-order valence-corrected chi connectivity index (χ1v) is 11.7. The number of carbonyl (C=O) groups is 1. The van der Waals surface area contributed by atoms with Gasteiger partial charge in [-0.05, 0) is 43.4 Å². The molecule has 0 radical (unpaired) electrons. The van der Waals surface area contributed by atoms with Crippen molar-refractivity contribution >= 4 is 5.91 Å². The lowest BCUT2D eigenvalue weighted by atomic mass is 9.82. The minimum absolute atomic E-state index is 0.0354. The maximum atomic E-state index is 13.5. The molecule has 0 spiro atoms. The Kier molecular flexibility index (Phi) is 6.84. The van der Waals surface area contributed by atoms with E-state index in [-0.39, 0.29) is 41.8 Å². The van der Waals surface area contributed by atoms with Gasteiger partial charge in [-0.1, -0.05) is 56.3 Å². The fourth-order valence-corrected chi connectivity index (χ4v) is 5.00. The Labute approximate surface area is 190 Å². The summed E-state index contributed by atoms with van der Waals surface area (Å²) in [6.45, 7) is 9.69. The number of amides is 1. The number of hydrogen-bond acceptors (Lipinski definition) is 5. The van der Waals surface area contributed by atoms with Crippen molar-refractivity contribution in [1.82, 2.24) is 15.8 Å². The Morgan fingerprint density at radius 1 is 1.00 bits per heavy atom. The fourth-order valence-electron chi connectivity index (χ4n) is 5.00. The first-order chi connectivity index (χ1) is 15.4. The van der Waals surface area contributed by atoms with Gasteiger partial charge in [0.05, 0.1) is 18.2 Å². The van der Waals surface area contributed by atoms with Crippen molar-refractivity contribution in [1.29, 1.82) is 0 Å². The van der Waals surface area contributed by atoms with E-state index < -0.39 is 0 Å². The Morgan fingerprint density at radius 3 is 2.34 bits per heavy atom. The molecule has 2 aliphatic rings. The van der Waals surface area contributed by atoms with Crippen molar-refractivity contribution in [3.05, 3.63) is 65.2 Å². The first-order valence-electron chi connectivity index (χ1n) is 11.7. The zero-order valence-electron chi connectivity index (χ0n) is 19.4. The summed E-state index contributed by atoms with van der Waals surface area (Å²) in [7, 11) is 0. The van der Waals surface area contributed by atoms with Crippen molar-refractivity contribution in [2.75, 3.05) is 13.2 Å². The Balaban J connectivity index is 1.66. The highest BCUT2D eigenvalue weighted by atomic mass is 16.5. The number of fused-ring (bicyclic) bond motifs is 1. The third kappa shape index (κ3) is 4.40. The molecular weight excluding hydrogens is 402 g/mol. The van der Waals surface area contributed by atoms with Crippen LogP contribution in [0.2, 0.25) is 0 Å². The highest BCUT2D eigenvalue weighted by molar-refractivity contribution is 5.86. The number of hydrogen-bond donors (Lipinski definition) is 3. The number of para-hydroxylation sites is 1. The molecule has 0 bridgehead atoms. The molecule has 32 heavy (non-hydrogen) atoms. The molecule has 0 saturated carbocycles. The summed E-state index contributed by atoms with van der Waals surface area (Å²) < 4.78 is 5.72. The van der Waals surface area contributed by atoms with Gasteiger partial charge in [0.1, 0.15) is 11.8 Å². The summed E-state index contributed by atoms with van der Waals surface area (Å²) >= 11 is 0. The van der Waals surface area contributed by atoms with E-state index in [9.17, 15) is 9.90 Å². The van der Waals surface area contributed by atoms with E-state index in [1.807, 2.05) is 36.9 Å². The van der Waals surface area contributed by atoms with E-state index in [2.05, 4.69) is 49.0 Å². The molecule has 4 unspecified atom stereocenters. The predicted octanol–water partition coefficient (Wildman–Crippen LogP) is 4.05. The molecule has 2 fully saturated rings. The number of phenols is 1. The van der Waals surface area contributed by atoms with Gasteiger partial charge in [-0.15, -0.1) is 0 Å². The van der Waals surface area contributed by atoms with Crippen molar-refractivity contribution in [2.24, 2.45) is 5.92 Å². The summed E-state index contributed by atoms with van der Waals surface area (Å²) in [6.07, 6.45) is 0.970. The van der Waals surface area contributed by atoms with E-state index in [0.717, 1.165) is 17.5 Å². The summed E-state index contributed by atoms with van der Waals surface area (Å²) in [4.78, 5) is 15.5. The number of benzene rings is 2. The highest BCUT2D eigenvalue weighted by Crippen LogP contribution is 2.48. The van der Waals surface area contributed by atoms with Gasteiger partial charge >= 0.3 is 0 Å². The molecule has 6 heteroatoms. The second-order valence-electron chi connectivity index (χ2n) is 9.45. The van der Waals surface area contributed by atoms with Crippen LogP contribution in [0.15, 0.2) is 48.5 Å². The largest absolute Gasteiger partial charge is 0.508 e. The quantitative estimate of drug-likeness (QED) is 0.544. The van der Waals surface area contributed by atoms with Crippen molar-refractivity contribution in [3.8, 4) is 5.75 Å². The fraction of sp³-hybridized carbons (Fsp3) is 0.500. The monoisotopic (exact) mass is 437 g/mol. The van der Waals surface area contributed by atoms with E-state index in [1.54, 1.807) is 6.07 Å². The number of aromatic hydroxyl groups is 1. The summed E-state index contributed by atoms with van der Waals surface area (Å²) in [5.41, 5.74) is 9.75. The maximum absolute atomic E-state index is 13.5. The molecule has 2 aliphatic heterocycles. The molecule has 0 aliphatic carbocycles. The second kappa shape index (κ2) is 9.61. The van der Waals surface area contributed by atoms with Crippen molar-refractivity contribution < 1.29 is 14.6 Å². The summed E-state index contributed by atoms with van der Waals surface area (Å²) in [5.74, 6) is 0.766. The zero-order valence-corrected chi connectivity index (χ0v) is 19.4.